The van der Waals surface area contributed by atoms with Crippen LogP contribution in [0, 0.1) is 18.7 Å². The summed E-state index contributed by atoms with van der Waals surface area (Å²) in [5.74, 6) is 0.920. The summed E-state index contributed by atoms with van der Waals surface area (Å²) in [7, 11) is 0. The second-order valence-electron chi connectivity index (χ2n) is 5.45. The van der Waals surface area contributed by atoms with Gasteiger partial charge in [0.25, 0.3) is 0 Å². The highest BCUT2D eigenvalue weighted by Crippen LogP contribution is 2.28. The van der Waals surface area contributed by atoms with Crippen molar-refractivity contribution < 1.29 is 4.39 Å². The van der Waals surface area contributed by atoms with E-state index in [-0.39, 0.29) is 5.82 Å². The number of benzene rings is 1. The van der Waals surface area contributed by atoms with Crippen LogP contribution in [0.2, 0.25) is 0 Å². The van der Waals surface area contributed by atoms with Gasteiger partial charge in [0.1, 0.15) is 5.82 Å². The zero-order chi connectivity index (χ0) is 12.4. The number of halogens is 1. The SMILES string of the molecule is Cc1cc(F)ccc1C(C)C(C)CNC1CC1. The summed E-state index contributed by atoms with van der Waals surface area (Å²) in [6.07, 6.45) is 2.66. The summed E-state index contributed by atoms with van der Waals surface area (Å²) >= 11 is 0. The van der Waals surface area contributed by atoms with Crippen LogP contribution in [0.1, 0.15) is 43.7 Å². The van der Waals surface area contributed by atoms with Crippen LogP contribution in [0.4, 0.5) is 4.39 Å². The molecule has 2 atom stereocenters. The molecule has 0 saturated heterocycles. The van der Waals surface area contributed by atoms with Crippen molar-refractivity contribution >= 4 is 0 Å². The molecule has 1 aromatic carbocycles. The molecule has 2 heteroatoms. The first-order valence-corrected chi connectivity index (χ1v) is 6.57. The normalized spacial score (nSPS) is 19.1. The van der Waals surface area contributed by atoms with Gasteiger partial charge in [0.05, 0.1) is 0 Å². The summed E-state index contributed by atoms with van der Waals surface area (Å²) in [6.45, 7) is 7.56. The molecule has 0 amide bonds. The Kier molecular flexibility index (Phi) is 3.82. The van der Waals surface area contributed by atoms with Crippen molar-refractivity contribution in [3.63, 3.8) is 0 Å². The van der Waals surface area contributed by atoms with E-state index in [4.69, 9.17) is 0 Å². The predicted molar refractivity (Wildman–Crippen MR) is 69.7 cm³/mol. The molecule has 0 heterocycles. The van der Waals surface area contributed by atoms with Crippen molar-refractivity contribution in [1.29, 1.82) is 0 Å². The number of aryl methyl sites for hydroxylation is 1. The van der Waals surface area contributed by atoms with Crippen LogP contribution in [0.3, 0.4) is 0 Å². The van der Waals surface area contributed by atoms with Crippen molar-refractivity contribution in [1.82, 2.24) is 5.32 Å². The second-order valence-corrected chi connectivity index (χ2v) is 5.45. The van der Waals surface area contributed by atoms with E-state index in [0.29, 0.717) is 11.8 Å². The Labute approximate surface area is 103 Å². The van der Waals surface area contributed by atoms with Gasteiger partial charge in [-0.15, -0.1) is 0 Å². The Hall–Kier alpha value is -0.890. The Morgan fingerprint density at radius 3 is 2.65 bits per heavy atom. The Bertz CT molecular complexity index is 385. The van der Waals surface area contributed by atoms with Crippen LogP contribution in [0.5, 0.6) is 0 Å². The first-order chi connectivity index (χ1) is 8.08. The van der Waals surface area contributed by atoms with Crippen molar-refractivity contribution in [3.8, 4) is 0 Å². The van der Waals surface area contributed by atoms with Gasteiger partial charge in [-0.2, -0.15) is 0 Å². The largest absolute Gasteiger partial charge is 0.314 e. The fourth-order valence-corrected chi connectivity index (χ4v) is 2.27. The maximum atomic E-state index is 13.1. The zero-order valence-electron chi connectivity index (χ0n) is 11.0. The first kappa shape index (κ1) is 12.6. The Morgan fingerprint density at radius 1 is 1.35 bits per heavy atom. The highest BCUT2D eigenvalue weighted by Gasteiger charge is 2.23. The maximum Gasteiger partial charge on any atom is 0.123 e. The number of hydrogen-bond donors (Lipinski definition) is 1. The molecular formula is C15H22FN. The molecule has 94 valence electrons. The van der Waals surface area contributed by atoms with Gasteiger partial charge in [-0.3, -0.25) is 0 Å². The van der Waals surface area contributed by atoms with Crippen molar-refractivity contribution in [2.45, 2.75) is 45.6 Å². The minimum atomic E-state index is -0.137. The smallest absolute Gasteiger partial charge is 0.123 e. The van der Waals surface area contributed by atoms with E-state index in [0.717, 1.165) is 18.2 Å². The molecule has 1 saturated carbocycles. The molecule has 1 aromatic rings. The first-order valence-electron chi connectivity index (χ1n) is 6.57. The van der Waals surface area contributed by atoms with E-state index in [2.05, 4.69) is 19.2 Å². The molecule has 1 aliphatic carbocycles. The van der Waals surface area contributed by atoms with E-state index in [1.165, 1.54) is 18.4 Å². The van der Waals surface area contributed by atoms with Gasteiger partial charge in [-0.25, -0.2) is 4.39 Å². The fourth-order valence-electron chi connectivity index (χ4n) is 2.27. The average Bonchev–Trinajstić information content (AvgIpc) is 3.09. The lowest BCUT2D eigenvalue weighted by Gasteiger charge is -2.22. The molecule has 0 radical (unpaired) electrons. The van der Waals surface area contributed by atoms with Gasteiger partial charge >= 0.3 is 0 Å². The summed E-state index contributed by atoms with van der Waals surface area (Å²) in [4.78, 5) is 0. The quantitative estimate of drug-likeness (QED) is 0.822. The average molecular weight is 235 g/mol. The highest BCUT2D eigenvalue weighted by atomic mass is 19.1. The molecule has 0 aliphatic heterocycles. The van der Waals surface area contributed by atoms with Gasteiger partial charge in [-0.1, -0.05) is 19.9 Å². The van der Waals surface area contributed by atoms with Crippen LogP contribution in [-0.4, -0.2) is 12.6 Å². The third-order valence-corrected chi connectivity index (χ3v) is 3.88. The van der Waals surface area contributed by atoms with E-state index in [1.807, 2.05) is 13.0 Å². The lowest BCUT2D eigenvalue weighted by Crippen LogP contribution is -2.26. The monoisotopic (exact) mass is 235 g/mol. The third kappa shape index (κ3) is 3.29. The Balaban J connectivity index is 1.98. The molecule has 1 nitrogen and oxygen atoms in total. The summed E-state index contributed by atoms with van der Waals surface area (Å²) in [5, 5.41) is 3.56. The van der Waals surface area contributed by atoms with Gasteiger partial charge in [-0.05, 0) is 61.4 Å². The topological polar surface area (TPSA) is 12.0 Å². The summed E-state index contributed by atoms with van der Waals surface area (Å²) < 4.78 is 13.1. The molecule has 0 aromatic heterocycles. The van der Waals surface area contributed by atoms with Crippen LogP contribution in [0.25, 0.3) is 0 Å². The van der Waals surface area contributed by atoms with Crippen molar-refractivity contribution in [2.75, 3.05) is 6.54 Å². The molecule has 17 heavy (non-hydrogen) atoms. The lowest BCUT2D eigenvalue weighted by molar-refractivity contribution is 0.444. The van der Waals surface area contributed by atoms with Crippen LogP contribution < -0.4 is 5.32 Å². The molecule has 0 bridgehead atoms. The van der Waals surface area contributed by atoms with Crippen molar-refractivity contribution in [3.05, 3.63) is 35.1 Å². The molecule has 2 rings (SSSR count). The van der Waals surface area contributed by atoms with Gasteiger partial charge < -0.3 is 5.32 Å². The maximum absolute atomic E-state index is 13.1. The molecular weight excluding hydrogens is 213 g/mol. The number of rotatable bonds is 5. The second kappa shape index (κ2) is 5.18. The number of hydrogen-bond acceptors (Lipinski definition) is 1. The zero-order valence-corrected chi connectivity index (χ0v) is 11.0. The predicted octanol–water partition coefficient (Wildman–Crippen LogP) is 3.63. The Morgan fingerprint density at radius 2 is 2.06 bits per heavy atom. The molecule has 1 aliphatic rings. The molecule has 2 unspecified atom stereocenters. The molecule has 0 spiro atoms. The summed E-state index contributed by atoms with van der Waals surface area (Å²) in [6, 6.07) is 5.90. The third-order valence-electron chi connectivity index (χ3n) is 3.88. The van der Waals surface area contributed by atoms with Crippen LogP contribution >= 0.6 is 0 Å². The van der Waals surface area contributed by atoms with E-state index in [9.17, 15) is 4.39 Å². The standard InChI is InChI=1S/C15H22FN/c1-10-8-13(16)4-7-15(10)12(3)11(2)9-17-14-5-6-14/h4,7-8,11-12,14,17H,5-6,9H2,1-3H3. The van der Waals surface area contributed by atoms with Gasteiger partial charge in [0, 0.05) is 6.04 Å². The number of nitrogens with one attached hydrogen (secondary N) is 1. The highest BCUT2D eigenvalue weighted by molar-refractivity contribution is 5.30. The van der Waals surface area contributed by atoms with E-state index in [1.54, 1.807) is 12.1 Å². The van der Waals surface area contributed by atoms with Crippen molar-refractivity contribution in [2.24, 2.45) is 5.92 Å². The molecule has 1 N–H and O–H groups in total. The van der Waals surface area contributed by atoms with E-state index < -0.39 is 0 Å². The van der Waals surface area contributed by atoms with E-state index >= 15 is 0 Å². The molecule has 1 fully saturated rings. The van der Waals surface area contributed by atoms with Crippen LogP contribution in [0.15, 0.2) is 18.2 Å². The van der Waals surface area contributed by atoms with Gasteiger partial charge in [0.15, 0.2) is 0 Å². The fraction of sp³-hybridized carbons (Fsp3) is 0.600. The lowest BCUT2D eigenvalue weighted by atomic mass is 9.86. The minimum absolute atomic E-state index is 0.137. The minimum Gasteiger partial charge on any atom is -0.314 e. The van der Waals surface area contributed by atoms with Gasteiger partial charge in [0.2, 0.25) is 0 Å². The van der Waals surface area contributed by atoms with Crippen LogP contribution in [-0.2, 0) is 0 Å². The summed E-state index contributed by atoms with van der Waals surface area (Å²) in [5.41, 5.74) is 2.34.